The van der Waals surface area contributed by atoms with Crippen molar-refractivity contribution in [3.63, 3.8) is 0 Å². The molecule has 0 bridgehead atoms. The first kappa shape index (κ1) is 25.4. The van der Waals surface area contributed by atoms with E-state index in [0.29, 0.717) is 36.4 Å². The summed E-state index contributed by atoms with van der Waals surface area (Å²) >= 11 is 6.44. The number of nitrogens with one attached hydrogen (secondary N) is 1. The van der Waals surface area contributed by atoms with E-state index in [4.69, 9.17) is 11.6 Å². The first-order valence-electron chi connectivity index (χ1n) is 12.5. The number of hydrogen-bond donors (Lipinski definition) is 2. The number of aliphatic hydroxyl groups is 1. The van der Waals surface area contributed by atoms with E-state index in [1.807, 2.05) is 6.92 Å². The van der Waals surface area contributed by atoms with E-state index in [1.54, 1.807) is 0 Å². The molecule has 2 saturated carbocycles. The number of amides is 1. The van der Waals surface area contributed by atoms with Crippen molar-refractivity contribution in [1.82, 2.24) is 10.2 Å². The largest absolute Gasteiger partial charge is 0.416 e. The zero-order valence-electron chi connectivity index (χ0n) is 19.6. The average Bonchev–Trinajstić information content (AvgIpc) is 3.11. The smallest absolute Gasteiger partial charge is 0.391 e. The van der Waals surface area contributed by atoms with Crippen LogP contribution in [0.3, 0.4) is 0 Å². The molecule has 3 atom stereocenters. The molecule has 1 aromatic rings. The number of carbonyl (C=O) groups is 1. The van der Waals surface area contributed by atoms with Crippen molar-refractivity contribution in [3.8, 4) is 0 Å². The number of halogens is 4. The van der Waals surface area contributed by atoms with Gasteiger partial charge in [-0.2, -0.15) is 13.2 Å². The van der Waals surface area contributed by atoms with Gasteiger partial charge in [0.15, 0.2) is 0 Å². The third-order valence-corrected chi connectivity index (χ3v) is 8.17. The maximum absolute atomic E-state index is 13.5. The fourth-order valence-electron chi connectivity index (χ4n) is 5.82. The van der Waals surface area contributed by atoms with Gasteiger partial charge in [-0.3, -0.25) is 4.79 Å². The van der Waals surface area contributed by atoms with Crippen molar-refractivity contribution in [3.05, 3.63) is 45.6 Å². The molecule has 1 aliphatic heterocycles. The fraction of sp³-hybridized carbons (Fsp3) is 0.654. The molecule has 4 rings (SSSR count). The van der Waals surface area contributed by atoms with Crippen LogP contribution >= 0.6 is 11.6 Å². The molecular weight excluding hydrogens is 465 g/mol. The topological polar surface area (TPSA) is 52.6 Å². The number of nitrogens with zero attached hydrogens (tertiary/aromatic N) is 1. The Morgan fingerprint density at radius 3 is 2.47 bits per heavy atom. The molecule has 1 heterocycles. The summed E-state index contributed by atoms with van der Waals surface area (Å²) in [7, 11) is 0. The molecule has 34 heavy (non-hydrogen) atoms. The molecular formula is C26H34ClF3N2O2. The summed E-state index contributed by atoms with van der Waals surface area (Å²) < 4.78 is 40.4. The summed E-state index contributed by atoms with van der Waals surface area (Å²) in [6.07, 6.45) is 4.26. The lowest BCUT2D eigenvalue weighted by Crippen LogP contribution is -2.45. The van der Waals surface area contributed by atoms with E-state index in [1.165, 1.54) is 12.5 Å². The Bertz CT molecular complexity index is 927. The molecule has 0 spiro atoms. The van der Waals surface area contributed by atoms with Gasteiger partial charge in [-0.25, -0.2) is 0 Å². The van der Waals surface area contributed by atoms with Gasteiger partial charge in [-0.1, -0.05) is 43.7 Å². The van der Waals surface area contributed by atoms with E-state index in [2.05, 4.69) is 10.2 Å². The minimum Gasteiger partial charge on any atom is -0.391 e. The van der Waals surface area contributed by atoms with Crippen LogP contribution in [-0.2, 0) is 11.0 Å². The lowest BCUT2D eigenvalue weighted by molar-refractivity contribution is -0.137. The van der Waals surface area contributed by atoms with Crippen LogP contribution in [-0.4, -0.2) is 34.6 Å². The number of carbonyl (C=O) groups excluding carboxylic acids is 1. The van der Waals surface area contributed by atoms with Gasteiger partial charge >= 0.3 is 6.18 Å². The van der Waals surface area contributed by atoms with Crippen LogP contribution in [0, 0.1) is 5.92 Å². The Morgan fingerprint density at radius 2 is 1.79 bits per heavy atom. The van der Waals surface area contributed by atoms with Crippen molar-refractivity contribution in [2.24, 2.45) is 5.92 Å². The van der Waals surface area contributed by atoms with Gasteiger partial charge in [0, 0.05) is 29.3 Å². The molecule has 4 nitrogen and oxygen atoms in total. The third kappa shape index (κ3) is 5.56. The summed E-state index contributed by atoms with van der Waals surface area (Å²) in [6, 6.07) is 2.74. The van der Waals surface area contributed by atoms with Gasteiger partial charge < -0.3 is 15.3 Å². The summed E-state index contributed by atoms with van der Waals surface area (Å²) in [4.78, 5) is 15.4. The standard InChI is InChI=1S/C26H34ClF3N2O2/c1-16-19(25(34)31-22-9-5-6-10-24(22)33)14-23(32(16)15-17-7-3-2-4-8-17)20-13-18(26(28,29)30)11-12-21(20)27/h11-13,17,22-24,33H,2-10,14-15H2,1H3,(H,31,34)/t22-,23?,24+/m0/s1. The highest BCUT2D eigenvalue weighted by Crippen LogP contribution is 2.44. The Kier molecular flexibility index (Phi) is 7.82. The van der Waals surface area contributed by atoms with Crippen LogP contribution in [0.2, 0.25) is 5.02 Å². The predicted octanol–water partition coefficient (Wildman–Crippen LogP) is 6.38. The highest BCUT2D eigenvalue weighted by atomic mass is 35.5. The quantitative estimate of drug-likeness (QED) is 0.495. The lowest BCUT2D eigenvalue weighted by atomic mass is 9.88. The van der Waals surface area contributed by atoms with Gasteiger partial charge in [0.1, 0.15) is 0 Å². The van der Waals surface area contributed by atoms with Crippen LogP contribution in [0.15, 0.2) is 29.5 Å². The first-order chi connectivity index (χ1) is 16.1. The highest BCUT2D eigenvalue weighted by molar-refractivity contribution is 6.31. The Hall–Kier alpha value is -1.73. The summed E-state index contributed by atoms with van der Waals surface area (Å²) in [5, 5.41) is 13.6. The zero-order chi connectivity index (χ0) is 24.5. The summed E-state index contributed by atoms with van der Waals surface area (Å²) in [5.74, 6) is 0.209. The molecule has 1 aromatic carbocycles. The number of benzene rings is 1. The average molecular weight is 499 g/mol. The SMILES string of the molecule is CC1=C(C(=O)N[C@H]2CCCC[C@H]2O)CC(c2cc(C(F)(F)F)ccc2Cl)N1CC1CCCCC1. The van der Waals surface area contributed by atoms with Crippen molar-refractivity contribution >= 4 is 17.5 Å². The second kappa shape index (κ2) is 10.5. The minimum absolute atomic E-state index is 0.234. The molecule has 0 saturated heterocycles. The normalized spacial score (nSPS) is 26.8. The number of rotatable bonds is 5. The molecule has 2 aliphatic carbocycles. The predicted molar refractivity (Wildman–Crippen MR) is 126 cm³/mol. The molecule has 1 amide bonds. The number of allylic oxidation sites excluding steroid dienone is 1. The minimum atomic E-state index is -4.47. The lowest BCUT2D eigenvalue weighted by Gasteiger charge is -2.34. The number of hydrogen-bond acceptors (Lipinski definition) is 3. The van der Waals surface area contributed by atoms with Crippen LogP contribution in [0.5, 0.6) is 0 Å². The molecule has 0 aromatic heterocycles. The maximum atomic E-state index is 13.5. The molecule has 1 unspecified atom stereocenters. The van der Waals surface area contributed by atoms with Crippen molar-refractivity contribution in [2.45, 2.75) is 95.5 Å². The molecule has 8 heteroatoms. The molecule has 3 aliphatic rings. The van der Waals surface area contributed by atoms with E-state index >= 15 is 0 Å². The fourth-order valence-corrected chi connectivity index (χ4v) is 6.06. The summed E-state index contributed by atoms with van der Waals surface area (Å²) in [6.45, 7) is 2.59. The third-order valence-electron chi connectivity index (χ3n) is 7.82. The van der Waals surface area contributed by atoms with Crippen molar-refractivity contribution < 1.29 is 23.1 Å². The molecule has 2 fully saturated rings. The second-order valence-corrected chi connectivity index (χ2v) is 10.5. The van der Waals surface area contributed by atoms with E-state index < -0.39 is 23.9 Å². The molecule has 2 N–H and O–H groups in total. The Morgan fingerprint density at radius 1 is 1.12 bits per heavy atom. The van der Waals surface area contributed by atoms with Crippen molar-refractivity contribution in [2.75, 3.05) is 6.54 Å². The van der Waals surface area contributed by atoms with E-state index in [9.17, 15) is 23.1 Å². The van der Waals surface area contributed by atoms with Gasteiger partial charge in [-0.05, 0) is 62.3 Å². The number of alkyl halides is 3. The molecule has 0 radical (unpaired) electrons. The zero-order valence-corrected chi connectivity index (χ0v) is 20.4. The van der Waals surface area contributed by atoms with E-state index in [0.717, 1.165) is 62.8 Å². The Balaban J connectivity index is 1.63. The Labute approximate surface area is 204 Å². The van der Waals surface area contributed by atoms with Gasteiger partial charge in [-0.15, -0.1) is 0 Å². The van der Waals surface area contributed by atoms with Crippen LogP contribution in [0.25, 0.3) is 0 Å². The van der Waals surface area contributed by atoms with Crippen LogP contribution < -0.4 is 5.32 Å². The van der Waals surface area contributed by atoms with Crippen LogP contribution in [0.1, 0.15) is 88.3 Å². The maximum Gasteiger partial charge on any atom is 0.416 e. The highest BCUT2D eigenvalue weighted by Gasteiger charge is 2.39. The van der Waals surface area contributed by atoms with Gasteiger partial charge in [0.25, 0.3) is 0 Å². The van der Waals surface area contributed by atoms with Gasteiger partial charge in [0.2, 0.25) is 5.91 Å². The summed E-state index contributed by atoms with van der Waals surface area (Å²) in [5.41, 5.74) is 1.05. The van der Waals surface area contributed by atoms with Crippen molar-refractivity contribution in [1.29, 1.82) is 0 Å². The number of aliphatic hydroxyl groups excluding tert-OH is 1. The monoisotopic (exact) mass is 498 g/mol. The first-order valence-corrected chi connectivity index (χ1v) is 12.8. The second-order valence-electron chi connectivity index (χ2n) is 10.1. The molecule has 188 valence electrons. The van der Waals surface area contributed by atoms with Gasteiger partial charge in [0.05, 0.1) is 23.8 Å². The van der Waals surface area contributed by atoms with E-state index in [-0.39, 0.29) is 17.0 Å². The van der Waals surface area contributed by atoms with Crippen LogP contribution in [0.4, 0.5) is 13.2 Å².